The Hall–Kier alpha value is -1.15. The Balaban J connectivity index is 2.81. The van der Waals surface area contributed by atoms with Crippen LogP contribution >= 0.6 is 11.6 Å². The van der Waals surface area contributed by atoms with Gasteiger partial charge in [0, 0.05) is 6.20 Å². The number of halogens is 6. The summed E-state index contributed by atoms with van der Waals surface area (Å²) in [4.78, 5) is 3.34. The first-order valence-electron chi connectivity index (χ1n) is 4.70. The van der Waals surface area contributed by atoms with E-state index in [0.717, 1.165) is 0 Å². The molecule has 0 atom stereocenters. The maximum atomic E-state index is 12.8. The molecule has 102 valence electrons. The molecule has 0 unspecified atom stereocenters. The zero-order valence-electron chi connectivity index (χ0n) is 8.86. The van der Waals surface area contributed by atoms with E-state index in [4.69, 9.17) is 17.3 Å². The second kappa shape index (κ2) is 5.23. The van der Waals surface area contributed by atoms with E-state index in [0.29, 0.717) is 12.3 Å². The van der Waals surface area contributed by atoms with Gasteiger partial charge in [-0.25, -0.2) is 13.8 Å². The van der Waals surface area contributed by atoms with Crippen molar-refractivity contribution in [2.24, 2.45) is 5.73 Å². The Morgan fingerprint density at radius 1 is 1.28 bits per heavy atom. The van der Waals surface area contributed by atoms with Crippen LogP contribution in [0.4, 0.5) is 27.8 Å². The number of alkyl halides is 5. The fraction of sp³-hybridized carbons (Fsp3) is 0.444. The lowest BCUT2D eigenvalue weighted by molar-refractivity contribution is -0.137. The monoisotopic (exact) mass is 289 g/mol. The van der Waals surface area contributed by atoms with E-state index in [-0.39, 0.29) is 5.82 Å². The fourth-order valence-electron chi connectivity index (χ4n) is 1.01. The summed E-state index contributed by atoms with van der Waals surface area (Å²) in [6, 6.07) is 0.609. The quantitative estimate of drug-likeness (QED) is 0.838. The van der Waals surface area contributed by atoms with Gasteiger partial charge >= 0.3 is 6.18 Å². The van der Waals surface area contributed by atoms with Crippen molar-refractivity contribution in [1.29, 1.82) is 0 Å². The van der Waals surface area contributed by atoms with E-state index in [1.165, 1.54) is 0 Å². The molecule has 9 heteroatoms. The highest BCUT2D eigenvalue weighted by molar-refractivity contribution is 6.32. The fourth-order valence-corrected chi connectivity index (χ4v) is 1.24. The van der Waals surface area contributed by atoms with Crippen molar-refractivity contribution in [2.75, 3.05) is 18.4 Å². The third-order valence-electron chi connectivity index (χ3n) is 1.98. The molecule has 0 saturated carbocycles. The molecule has 18 heavy (non-hydrogen) atoms. The van der Waals surface area contributed by atoms with Crippen LogP contribution in [0.5, 0.6) is 0 Å². The molecule has 0 bridgehead atoms. The highest BCUT2D eigenvalue weighted by Crippen LogP contribution is 2.32. The molecule has 0 aromatic carbocycles. The van der Waals surface area contributed by atoms with Crippen molar-refractivity contribution in [3.05, 3.63) is 22.8 Å². The average molecular weight is 290 g/mol. The predicted octanol–water partition coefficient (Wildman–Crippen LogP) is 2.76. The van der Waals surface area contributed by atoms with Gasteiger partial charge in [0.25, 0.3) is 5.92 Å². The largest absolute Gasteiger partial charge is 0.417 e. The summed E-state index contributed by atoms with van der Waals surface area (Å²) in [7, 11) is 0. The van der Waals surface area contributed by atoms with Crippen LogP contribution in [0.3, 0.4) is 0 Å². The van der Waals surface area contributed by atoms with Crippen LogP contribution in [0.1, 0.15) is 5.56 Å². The minimum Gasteiger partial charge on any atom is -0.363 e. The van der Waals surface area contributed by atoms with Gasteiger partial charge in [-0.15, -0.1) is 0 Å². The number of hydrogen-bond donors (Lipinski definition) is 2. The predicted molar refractivity (Wildman–Crippen MR) is 56.7 cm³/mol. The van der Waals surface area contributed by atoms with Gasteiger partial charge in [-0.3, -0.25) is 0 Å². The number of nitrogens with zero attached hydrogens (tertiary/aromatic N) is 1. The molecular formula is C9H9ClF5N3. The van der Waals surface area contributed by atoms with Gasteiger partial charge < -0.3 is 11.1 Å². The van der Waals surface area contributed by atoms with Crippen molar-refractivity contribution in [2.45, 2.75) is 12.1 Å². The minimum atomic E-state index is -4.59. The number of hydrogen-bond acceptors (Lipinski definition) is 3. The highest BCUT2D eigenvalue weighted by atomic mass is 35.5. The summed E-state index contributed by atoms with van der Waals surface area (Å²) in [5.41, 5.74) is 3.75. The van der Waals surface area contributed by atoms with Gasteiger partial charge in [-0.05, 0) is 6.07 Å². The van der Waals surface area contributed by atoms with E-state index < -0.39 is 35.8 Å². The van der Waals surface area contributed by atoms with E-state index in [2.05, 4.69) is 10.3 Å². The number of aromatic nitrogens is 1. The number of anilines is 1. The molecule has 0 aliphatic carbocycles. The third kappa shape index (κ3) is 3.95. The van der Waals surface area contributed by atoms with Crippen LogP contribution in [0.25, 0.3) is 0 Å². The van der Waals surface area contributed by atoms with Crippen LogP contribution < -0.4 is 11.1 Å². The van der Waals surface area contributed by atoms with Crippen molar-refractivity contribution in [1.82, 2.24) is 4.98 Å². The minimum absolute atomic E-state index is 0.252. The van der Waals surface area contributed by atoms with Gasteiger partial charge in [0.15, 0.2) is 0 Å². The zero-order chi connectivity index (χ0) is 14.0. The molecule has 3 nitrogen and oxygen atoms in total. The second-order valence-corrected chi connectivity index (χ2v) is 3.87. The first-order valence-corrected chi connectivity index (χ1v) is 5.08. The Kier molecular flexibility index (Phi) is 4.33. The van der Waals surface area contributed by atoms with Gasteiger partial charge in [0.1, 0.15) is 5.82 Å². The number of pyridine rings is 1. The summed E-state index contributed by atoms with van der Waals surface area (Å²) < 4.78 is 62.4. The van der Waals surface area contributed by atoms with E-state index >= 15 is 0 Å². The van der Waals surface area contributed by atoms with Gasteiger partial charge in [-0.2, -0.15) is 13.2 Å². The Morgan fingerprint density at radius 3 is 2.33 bits per heavy atom. The van der Waals surface area contributed by atoms with Crippen LogP contribution in [0.15, 0.2) is 12.3 Å². The first kappa shape index (κ1) is 14.9. The Morgan fingerprint density at radius 2 is 1.89 bits per heavy atom. The van der Waals surface area contributed by atoms with Crippen molar-refractivity contribution in [3.8, 4) is 0 Å². The third-order valence-corrected chi connectivity index (χ3v) is 2.27. The van der Waals surface area contributed by atoms with Crippen molar-refractivity contribution >= 4 is 17.4 Å². The van der Waals surface area contributed by atoms with Gasteiger partial charge in [0.2, 0.25) is 0 Å². The lowest BCUT2D eigenvalue weighted by Crippen LogP contribution is -2.35. The molecule has 0 aliphatic rings. The maximum Gasteiger partial charge on any atom is 0.417 e. The van der Waals surface area contributed by atoms with Gasteiger partial charge in [-0.1, -0.05) is 11.6 Å². The lowest BCUT2D eigenvalue weighted by Gasteiger charge is -2.16. The van der Waals surface area contributed by atoms with Crippen LogP contribution in [0.2, 0.25) is 5.02 Å². The number of nitrogens with one attached hydrogen (secondary N) is 1. The van der Waals surface area contributed by atoms with E-state index in [1.807, 2.05) is 0 Å². The van der Waals surface area contributed by atoms with E-state index in [1.54, 1.807) is 0 Å². The summed E-state index contributed by atoms with van der Waals surface area (Å²) >= 11 is 5.51. The summed E-state index contributed by atoms with van der Waals surface area (Å²) in [6.45, 7) is -1.75. The molecule has 0 radical (unpaired) electrons. The summed E-state index contributed by atoms with van der Waals surface area (Å²) in [5.74, 6) is -3.44. The molecule has 0 amide bonds. The van der Waals surface area contributed by atoms with Crippen LogP contribution in [0, 0.1) is 0 Å². The SMILES string of the molecule is NCC(F)(F)CNc1ncc(C(F)(F)F)cc1Cl. The molecule has 1 rings (SSSR count). The Labute approximate surface area is 104 Å². The van der Waals surface area contributed by atoms with Crippen molar-refractivity contribution < 1.29 is 22.0 Å². The maximum absolute atomic E-state index is 12.8. The van der Waals surface area contributed by atoms with Gasteiger partial charge in [0.05, 0.1) is 23.7 Å². The highest BCUT2D eigenvalue weighted by Gasteiger charge is 2.32. The average Bonchev–Trinajstić information content (AvgIpc) is 2.26. The van der Waals surface area contributed by atoms with Crippen LogP contribution in [-0.4, -0.2) is 24.0 Å². The molecule has 1 aromatic heterocycles. The second-order valence-electron chi connectivity index (χ2n) is 3.47. The van der Waals surface area contributed by atoms with Crippen molar-refractivity contribution in [3.63, 3.8) is 0 Å². The molecule has 0 spiro atoms. The molecule has 1 heterocycles. The first-order chi connectivity index (χ1) is 8.15. The summed E-state index contributed by atoms with van der Waals surface area (Å²) in [6.07, 6.45) is -4.08. The number of nitrogens with two attached hydrogens (primary N) is 1. The topological polar surface area (TPSA) is 50.9 Å². The Bertz CT molecular complexity index is 421. The molecule has 0 saturated heterocycles. The number of rotatable bonds is 4. The molecule has 0 fully saturated rings. The van der Waals surface area contributed by atoms with Crippen LogP contribution in [-0.2, 0) is 6.18 Å². The van der Waals surface area contributed by atoms with E-state index in [9.17, 15) is 22.0 Å². The molecular weight excluding hydrogens is 281 g/mol. The lowest BCUT2D eigenvalue weighted by atomic mass is 10.2. The molecule has 1 aromatic rings. The molecule has 3 N–H and O–H groups in total. The smallest absolute Gasteiger partial charge is 0.363 e. The standard InChI is InChI=1S/C9H9ClF5N3/c10-6-1-5(9(13,14)15)2-17-7(6)18-4-8(11,12)3-16/h1-2H,3-4,16H2,(H,17,18). The summed E-state index contributed by atoms with van der Waals surface area (Å²) in [5, 5.41) is 1.75. The molecule has 0 aliphatic heterocycles. The normalized spacial score (nSPS) is 12.6. The zero-order valence-corrected chi connectivity index (χ0v) is 9.62.